The van der Waals surface area contributed by atoms with Crippen molar-refractivity contribution in [2.75, 3.05) is 0 Å². The fraction of sp³-hybridized carbons (Fsp3) is 0.448. The van der Waals surface area contributed by atoms with Crippen LogP contribution in [0, 0.1) is 5.92 Å². The molecule has 1 aromatic heterocycles. The highest BCUT2D eigenvalue weighted by molar-refractivity contribution is 6.30. The van der Waals surface area contributed by atoms with Crippen LogP contribution in [0.5, 0.6) is 5.75 Å². The van der Waals surface area contributed by atoms with E-state index in [0.29, 0.717) is 12.5 Å². The highest BCUT2D eigenvalue weighted by Crippen LogP contribution is 2.46. The lowest BCUT2D eigenvalue weighted by Crippen LogP contribution is -2.41. The standard InChI is InChI=1S/C29H32ClN3O3/c1-15-10-24(33(16(15)2)28(34)36-29(3,4)5)27-31-23-9-6-17-12-22-20-8-7-19(30)11-18(20)14-35-25(22)13-21(17)26(23)32-27/h7-8,11-13,15-16,24H,6,9-10,14H2,1-5H3,(H,31,32)/t15-,16-,24+/m1/s1. The second-order valence-electron chi connectivity index (χ2n) is 11.4. The summed E-state index contributed by atoms with van der Waals surface area (Å²) in [5.41, 5.74) is 7.37. The summed E-state index contributed by atoms with van der Waals surface area (Å²) >= 11 is 6.21. The Hall–Kier alpha value is -2.99. The van der Waals surface area contributed by atoms with Crippen molar-refractivity contribution in [1.29, 1.82) is 0 Å². The van der Waals surface area contributed by atoms with Crippen LogP contribution in [0.25, 0.3) is 22.4 Å². The molecule has 3 heterocycles. The zero-order valence-electron chi connectivity index (χ0n) is 21.4. The van der Waals surface area contributed by atoms with E-state index in [4.69, 9.17) is 26.1 Å². The second kappa shape index (κ2) is 8.27. The van der Waals surface area contributed by atoms with E-state index in [9.17, 15) is 4.79 Å². The van der Waals surface area contributed by atoms with E-state index in [1.807, 2.05) is 37.8 Å². The number of halogens is 1. The van der Waals surface area contributed by atoms with E-state index in [0.717, 1.165) is 63.9 Å². The Bertz CT molecular complexity index is 1370. The van der Waals surface area contributed by atoms with Gasteiger partial charge in [-0.1, -0.05) is 24.6 Å². The molecule has 7 heteroatoms. The number of rotatable bonds is 1. The van der Waals surface area contributed by atoms with Crippen molar-refractivity contribution in [1.82, 2.24) is 14.9 Å². The molecule has 6 nitrogen and oxygen atoms in total. The first-order valence-corrected chi connectivity index (χ1v) is 13.2. The Morgan fingerprint density at radius 2 is 1.92 bits per heavy atom. The number of nitrogens with zero attached hydrogens (tertiary/aromatic N) is 2. The number of H-pyrrole nitrogens is 1. The maximum absolute atomic E-state index is 13.2. The molecule has 3 atom stereocenters. The number of aryl methyl sites for hydroxylation is 2. The zero-order chi connectivity index (χ0) is 25.4. The number of nitrogens with one attached hydrogen (secondary N) is 1. The Morgan fingerprint density at radius 1 is 1.11 bits per heavy atom. The second-order valence-corrected chi connectivity index (χ2v) is 11.8. The molecule has 1 aliphatic carbocycles. The van der Waals surface area contributed by atoms with E-state index >= 15 is 0 Å². The van der Waals surface area contributed by atoms with Crippen molar-refractivity contribution in [2.45, 2.75) is 78.2 Å². The van der Waals surface area contributed by atoms with E-state index in [2.05, 4.69) is 37.0 Å². The quantitative estimate of drug-likeness (QED) is 0.383. The average molecular weight is 506 g/mol. The summed E-state index contributed by atoms with van der Waals surface area (Å²) in [7, 11) is 0. The van der Waals surface area contributed by atoms with Crippen LogP contribution in [0.15, 0.2) is 30.3 Å². The summed E-state index contributed by atoms with van der Waals surface area (Å²) < 4.78 is 11.9. The van der Waals surface area contributed by atoms with Gasteiger partial charge in [-0.2, -0.15) is 0 Å². The molecule has 0 unspecified atom stereocenters. The zero-order valence-corrected chi connectivity index (χ0v) is 22.2. The van der Waals surface area contributed by atoms with Crippen LogP contribution in [-0.4, -0.2) is 32.6 Å². The predicted molar refractivity (Wildman–Crippen MR) is 140 cm³/mol. The Morgan fingerprint density at radius 3 is 2.69 bits per heavy atom. The number of carbonyl (C=O) groups excluding carboxylic acids is 1. The molecule has 2 aromatic carbocycles. The van der Waals surface area contributed by atoms with Crippen molar-refractivity contribution in [3.63, 3.8) is 0 Å². The first-order valence-electron chi connectivity index (χ1n) is 12.8. The Labute approximate surface area is 217 Å². The minimum absolute atomic E-state index is 0.0771. The average Bonchev–Trinajstić information content (AvgIpc) is 3.37. The third-order valence-electron chi connectivity index (χ3n) is 7.76. The number of amides is 1. The molecule has 2 aliphatic heterocycles. The lowest BCUT2D eigenvalue weighted by atomic mass is 9.87. The van der Waals surface area contributed by atoms with Crippen molar-refractivity contribution in [2.24, 2.45) is 5.92 Å². The molecule has 0 radical (unpaired) electrons. The SMILES string of the molecule is C[C@@H]1C[C@@H](c2nc3c([nH]2)-c2cc4c(cc2CC3)-c2ccc(Cl)cc2CO4)N(C(=O)OC(C)(C)C)[C@@H]1C. The Balaban J connectivity index is 1.37. The molecule has 3 aromatic rings. The summed E-state index contributed by atoms with van der Waals surface area (Å²) in [6, 6.07) is 10.4. The lowest BCUT2D eigenvalue weighted by Gasteiger charge is -2.31. The van der Waals surface area contributed by atoms with Gasteiger partial charge >= 0.3 is 6.09 Å². The van der Waals surface area contributed by atoms with E-state index in [1.165, 1.54) is 11.1 Å². The number of aromatic amines is 1. The molecular formula is C29H32ClN3O3. The van der Waals surface area contributed by atoms with Crippen LogP contribution in [0.2, 0.25) is 5.02 Å². The minimum Gasteiger partial charge on any atom is -0.488 e. The molecule has 3 aliphatic rings. The molecule has 1 saturated heterocycles. The Kier molecular flexibility index (Phi) is 5.38. The van der Waals surface area contributed by atoms with E-state index in [1.54, 1.807) is 0 Å². The molecule has 1 amide bonds. The van der Waals surface area contributed by atoms with Gasteiger partial charge in [0.1, 0.15) is 23.8 Å². The molecule has 0 spiro atoms. The summed E-state index contributed by atoms with van der Waals surface area (Å²) in [5.74, 6) is 2.07. The van der Waals surface area contributed by atoms with Crippen LogP contribution >= 0.6 is 11.6 Å². The fourth-order valence-corrected chi connectivity index (χ4v) is 6.01. The van der Waals surface area contributed by atoms with Gasteiger partial charge in [-0.15, -0.1) is 0 Å². The highest BCUT2D eigenvalue weighted by Gasteiger charge is 2.44. The molecule has 1 N–H and O–H groups in total. The van der Waals surface area contributed by atoms with Crippen molar-refractivity contribution in [3.05, 3.63) is 58.0 Å². The fourth-order valence-electron chi connectivity index (χ4n) is 5.81. The summed E-state index contributed by atoms with van der Waals surface area (Å²) in [4.78, 5) is 23.7. The highest BCUT2D eigenvalue weighted by atomic mass is 35.5. The predicted octanol–water partition coefficient (Wildman–Crippen LogP) is 7.09. The number of hydrogen-bond donors (Lipinski definition) is 1. The normalized spacial score (nSPS) is 22.3. The van der Waals surface area contributed by atoms with Crippen LogP contribution in [0.3, 0.4) is 0 Å². The number of fused-ring (bicyclic) bond motifs is 6. The van der Waals surface area contributed by atoms with Gasteiger partial charge in [-0.25, -0.2) is 9.78 Å². The lowest BCUT2D eigenvalue weighted by molar-refractivity contribution is 0.0140. The third kappa shape index (κ3) is 3.86. The maximum Gasteiger partial charge on any atom is 0.411 e. The number of likely N-dealkylation sites (tertiary alicyclic amines) is 1. The van der Waals surface area contributed by atoms with Crippen LogP contribution in [-0.2, 0) is 24.2 Å². The van der Waals surface area contributed by atoms with Gasteiger partial charge in [0.25, 0.3) is 0 Å². The molecule has 0 saturated carbocycles. The summed E-state index contributed by atoms with van der Waals surface area (Å²) in [6.07, 6.45) is 2.35. The largest absolute Gasteiger partial charge is 0.488 e. The topological polar surface area (TPSA) is 67.5 Å². The van der Waals surface area contributed by atoms with Gasteiger partial charge in [0.05, 0.1) is 17.4 Å². The third-order valence-corrected chi connectivity index (χ3v) is 7.99. The molecule has 36 heavy (non-hydrogen) atoms. The summed E-state index contributed by atoms with van der Waals surface area (Å²) in [5, 5.41) is 0.726. The molecular weight excluding hydrogens is 474 g/mol. The van der Waals surface area contributed by atoms with Gasteiger partial charge < -0.3 is 14.5 Å². The maximum atomic E-state index is 13.2. The minimum atomic E-state index is -0.544. The number of ether oxygens (including phenoxy) is 2. The van der Waals surface area contributed by atoms with E-state index < -0.39 is 5.60 Å². The number of carbonyl (C=O) groups is 1. The van der Waals surface area contributed by atoms with Gasteiger partial charge in [-0.05, 0) is 93.8 Å². The number of aromatic nitrogens is 2. The molecule has 0 bridgehead atoms. The first kappa shape index (κ1) is 23.4. The van der Waals surface area contributed by atoms with Gasteiger partial charge in [0, 0.05) is 22.2 Å². The molecule has 6 rings (SSSR count). The van der Waals surface area contributed by atoms with Crippen LogP contribution in [0.1, 0.15) is 69.7 Å². The van der Waals surface area contributed by atoms with Crippen molar-refractivity contribution >= 4 is 17.7 Å². The van der Waals surface area contributed by atoms with Crippen LogP contribution < -0.4 is 4.74 Å². The number of benzene rings is 2. The van der Waals surface area contributed by atoms with Crippen molar-refractivity contribution in [3.8, 4) is 28.1 Å². The summed E-state index contributed by atoms with van der Waals surface area (Å²) in [6.45, 7) is 10.5. The monoisotopic (exact) mass is 505 g/mol. The smallest absolute Gasteiger partial charge is 0.411 e. The molecule has 188 valence electrons. The van der Waals surface area contributed by atoms with Gasteiger partial charge in [0.15, 0.2) is 0 Å². The van der Waals surface area contributed by atoms with Gasteiger partial charge in [-0.3, -0.25) is 4.90 Å². The van der Waals surface area contributed by atoms with Crippen molar-refractivity contribution < 1.29 is 14.3 Å². The number of hydrogen-bond acceptors (Lipinski definition) is 4. The molecule has 1 fully saturated rings. The van der Waals surface area contributed by atoms with E-state index in [-0.39, 0.29) is 18.2 Å². The first-order chi connectivity index (χ1) is 17.1. The van der Waals surface area contributed by atoms with Gasteiger partial charge in [0.2, 0.25) is 0 Å². The number of imidazole rings is 1. The van der Waals surface area contributed by atoms with Crippen LogP contribution in [0.4, 0.5) is 4.79 Å².